The third-order valence-electron chi connectivity index (χ3n) is 3.26. The highest BCUT2D eigenvalue weighted by atomic mass is 32.2. The maximum Gasteiger partial charge on any atom is 0.312 e. The Morgan fingerprint density at radius 2 is 1.85 bits per heavy atom. The summed E-state index contributed by atoms with van der Waals surface area (Å²) in [7, 11) is -2.72. The van der Waals surface area contributed by atoms with E-state index in [2.05, 4.69) is 9.50 Å². The predicted octanol–water partition coefficient (Wildman–Crippen LogP) is 0.490. The van der Waals surface area contributed by atoms with E-state index < -0.39 is 34.2 Å². The Labute approximate surface area is 152 Å². The second-order valence-electron chi connectivity index (χ2n) is 5.25. The van der Waals surface area contributed by atoms with Crippen molar-refractivity contribution < 1.29 is 36.8 Å². The van der Waals surface area contributed by atoms with Gasteiger partial charge in [-0.15, -0.1) is 0 Å². The lowest BCUT2D eigenvalue weighted by molar-refractivity contribution is -0.134. The number of carbonyl (C=O) groups is 2. The second kappa shape index (κ2) is 10.2. The lowest BCUT2D eigenvalue weighted by atomic mass is 10.1. The highest BCUT2D eigenvalue weighted by Gasteiger charge is 2.22. The van der Waals surface area contributed by atoms with Gasteiger partial charge in [-0.05, 0) is 24.6 Å². The number of hydrogen-bond acceptors (Lipinski definition) is 8. The molecule has 2 N–H and O–H groups in total. The van der Waals surface area contributed by atoms with Gasteiger partial charge in [0, 0.05) is 13.5 Å². The first kappa shape index (κ1) is 22.0. The minimum Gasteiger partial charge on any atom is -0.427 e. The Morgan fingerprint density at radius 3 is 2.35 bits per heavy atom. The van der Waals surface area contributed by atoms with E-state index in [0.29, 0.717) is 5.56 Å². The second-order valence-corrected chi connectivity index (χ2v) is 7.10. The number of nitrogens with one attached hydrogen (secondary N) is 1. The smallest absolute Gasteiger partial charge is 0.312 e. The van der Waals surface area contributed by atoms with Crippen LogP contribution in [0.25, 0.3) is 0 Å². The topological polar surface area (TPSA) is 128 Å². The van der Waals surface area contributed by atoms with Gasteiger partial charge in [0.1, 0.15) is 11.8 Å². The van der Waals surface area contributed by atoms with Crippen molar-refractivity contribution in [3.8, 4) is 5.75 Å². The quantitative estimate of drug-likeness (QED) is 0.256. The van der Waals surface area contributed by atoms with Gasteiger partial charge in [0.15, 0.2) is 6.29 Å². The van der Waals surface area contributed by atoms with Gasteiger partial charge >= 0.3 is 5.97 Å². The van der Waals surface area contributed by atoms with Crippen LogP contribution in [0.4, 0.5) is 0 Å². The summed E-state index contributed by atoms with van der Waals surface area (Å²) in [6.07, 6.45) is -1.59. The Balaban J connectivity index is 2.76. The van der Waals surface area contributed by atoms with Crippen molar-refractivity contribution in [2.75, 3.05) is 19.5 Å². The average Bonchev–Trinajstić information content (AvgIpc) is 2.59. The van der Waals surface area contributed by atoms with Crippen molar-refractivity contribution in [2.45, 2.75) is 32.6 Å². The zero-order valence-electron chi connectivity index (χ0n) is 14.8. The molecule has 0 spiro atoms. The largest absolute Gasteiger partial charge is 0.427 e. The van der Waals surface area contributed by atoms with Gasteiger partial charge in [-0.1, -0.05) is 12.1 Å². The van der Waals surface area contributed by atoms with Crippen molar-refractivity contribution in [2.24, 2.45) is 0 Å². The van der Waals surface area contributed by atoms with Gasteiger partial charge in [-0.25, -0.2) is 0 Å². The number of aliphatic hydroxyl groups excluding tert-OH is 1. The van der Waals surface area contributed by atoms with Gasteiger partial charge in [0.2, 0.25) is 5.91 Å². The zero-order chi connectivity index (χ0) is 19.7. The fourth-order valence-corrected chi connectivity index (χ4v) is 2.61. The van der Waals surface area contributed by atoms with Crippen LogP contribution in [0.3, 0.4) is 0 Å². The van der Waals surface area contributed by atoms with E-state index in [1.165, 1.54) is 19.1 Å². The number of esters is 1. The van der Waals surface area contributed by atoms with E-state index in [0.717, 1.165) is 7.11 Å². The number of amides is 1. The molecule has 2 unspecified atom stereocenters. The molecular formula is C16H23NO8S. The van der Waals surface area contributed by atoms with Crippen LogP contribution in [0.15, 0.2) is 24.3 Å². The van der Waals surface area contributed by atoms with Gasteiger partial charge in [-0.3, -0.25) is 13.8 Å². The molecule has 2 atom stereocenters. The molecule has 10 heteroatoms. The summed E-state index contributed by atoms with van der Waals surface area (Å²) in [5.41, 5.74) is 0.544. The van der Waals surface area contributed by atoms with E-state index in [9.17, 15) is 23.1 Å². The van der Waals surface area contributed by atoms with Gasteiger partial charge in [0.25, 0.3) is 10.1 Å². The molecule has 0 aliphatic rings. The standard InChI is InChI=1S/C16H23NO8S/c1-4-24-16(20)15(17-11(2)18)12-5-7-13(8-6-12)25-14(19)9-10-26(21,22)23-3/h5-8,15-16,20H,4,9-10H2,1-3H3,(H,17,18). The van der Waals surface area contributed by atoms with Crippen molar-refractivity contribution in [1.82, 2.24) is 5.32 Å². The number of hydrogen-bond donors (Lipinski definition) is 2. The Morgan fingerprint density at radius 1 is 1.23 bits per heavy atom. The van der Waals surface area contributed by atoms with E-state index in [4.69, 9.17) is 9.47 Å². The summed E-state index contributed by atoms with van der Waals surface area (Å²) in [6, 6.07) is 5.25. The zero-order valence-corrected chi connectivity index (χ0v) is 15.6. The first-order valence-corrected chi connectivity index (χ1v) is 9.42. The lowest BCUT2D eigenvalue weighted by Gasteiger charge is -2.23. The molecule has 0 saturated carbocycles. The Hall–Kier alpha value is -2.01. The third kappa shape index (κ3) is 7.48. The molecule has 0 aromatic heterocycles. The number of rotatable bonds is 10. The van der Waals surface area contributed by atoms with E-state index in [1.807, 2.05) is 0 Å². The highest BCUT2D eigenvalue weighted by molar-refractivity contribution is 7.86. The minimum atomic E-state index is -3.73. The highest BCUT2D eigenvalue weighted by Crippen LogP contribution is 2.21. The molecule has 0 saturated heterocycles. The fraction of sp³-hybridized carbons (Fsp3) is 0.500. The molecule has 146 valence electrons. The van der Waals surface area contributed by atoms with Crippen molar-refractivity contribution in [3.05, 3.63) is 29.8 Å². The summed E-state index contributed by atoms with van der Waals surface area (Å²) in [5.74, 6) is -1.36. The van der Waals surface area contributed by atoms with Crippen LogP contribution in [0, 0.1) is 0 Å². The lowest BCUT2D eigenvalue weighted by Crippen LogP contribution is -2.36. The molecule has 0 fully saturated rings. The van der Waals surface area contributed by atoms with Crippen molar-refractivity contribution in [3.63, 3.8) is 0 Å². The molecule has 1 rings (SSSR count). The van der Waals surface area contributed by atoms with Crippen LogP contribution in [0.2, 0.25) is 0 Å². The molecule has 1 amide bonds. The monoisotopic (exact) mass is 389 g/mol. The maximum atomic E-state index is 11.7. The minimum absolute atomic E-state index is 0.195. The van der Waals surface area contributed by atoms with Crippen molar-refractivity contribution >= 4 is 22.0 Å². The van der Waals surface area contributed by atoms with Crippen LogP contribution < -0.4 is 10.1 Å². The van der Waals surface area contributed by atoms with Crippen LogP contribution in [0.1, 0.15) is 31.9 Å². The Bertz CT molecular complexity index is 701. The predicted molar refractivity (Wildman–Crippen MR) is 91.7 cm³/mol. The molecule has 0 bridgehead atoms. The van der Waals surface area contributed by atoms with Crippen molar-refractivity contribution in [1.29, 1.82) is 0 Å². The molecular weight excluding hydrogens is 366 g/mol. The number of ether oxygens (including phenoxy) is 2. The molecule has 0 aliphatic heterocycles. The van der Waals surface area contributed by atoms with E-state index in [-0.39, 0.29) is 24.7 Å². The van der Waals surface area contributed by atoms with Crippen LogP contribution in [0.5, 0.6) is 5.75 Å². The van der Waals surface area contributed by atoms with E-state index in [1.54, 1.807) is 19.1 Å². The van der Waals surface area contributed by atoms with Crippen LogP contribution in [-0.4, -0.2) is 51.2 Å². The normalized spacial score (nSPS) is 13.7. The first-order valence-electron chi connectivity index (χ1n) is 7.84. The molecule has 1 aromatic rings. The fourth-order valence-electron chi connectivity index (χ4n) is 2.02. The Kier molecular flexibility index (Phi) is 8.66. The summed E-state index contributed by atoms with van der Waals surface area (Å²) in [5, 5.41) is 12.6. The molecule has 0 aliphatic carbocycles. The van der Waals surface area contributed by atoms with E-state index >= 15 is 0 Å². The number of benzene rings is 1. The van der Waals surface area contributed by atoms with Crippen LogP contribution >= 0.6 is 0 Å². The van der Waals surface area contributed by atoms with Gasteiger partial charge in [0.05, 0.1) is 19.3 Å². The molecule has 0 radical (unpaired) electrons. The summed E-state index contributed by atoms with van der Waals surface area (Å²) in [4.78, 5) is 23.0. The summed E-state index contributed by atoms with van der Waals surface area (Å²) >= 11 is 0. The summed E-state index contributed by atoms with van der Waals surface area (Å²) in [6.45, 7) is 3.29. The maximum absolute atomic E-state index is 11.7. The molecule has 0 heterocycles. The van der Waals surface area contributed by atoms with Gasteiger partial charge in [-0.2, -0.15) is 8.42 Å². The third-order valence-corrected chi connectivity index (χ3v) is 4.47. The first-order chi connectivity index (χ1) is 12.2. The molecule has 26 heavy (non-hydrogen) atoms. The molecule has 9 nitrogen and oxygen atoms in total. The van der Waals surface area contributed by atoms with Gasteiger partial charge < -0.3 is 19.9 Å². The number of carbonyl (C=O) groups excluding carboxylic acids is 2. The molecule has 1 aromatic carbocycles. The average molecular weight is 389 g/mol. The summed E-state index contributed by atoms with van der Waals surface area (Å²) < 4.78 is 36.8. The number of aliphatic hydroxyl groups is 1. The van der Waals surface area contributed by atoms with Crippen LogP contribution in [-0.2, 0) is 28.6 Å². The SMILES string of the molecule is CCOC(O)C(NC(C)=O)c1ccc(OC(=O)CCS(=O)(=O)OC)cc1.